The van der Waals surface area contributed by atoms with Gasteiger partial charge in [-0.15, -0.1) is 0 Å². The molecule has 0 aromatic heterocycles. The van der Waals surface area contributed by atoms with Gasteiger partial charge in [-0.2, -0.15) is 0 Å². The third-order valence-electron chi connectivity index (χ3n) is 2.72. The maximum Gasteiger partial charge on any atom is 0.130 e. The van der Waals surface area contributed by atoms with Gasteiger partial charge in [0, 0.05) is 15.8 Å². The normalized spacial score (nSPS) is 10.8. The number of ether oxygens (including phenoxy) is 1. The van der Waals surface area contributed by atoms with Crippen molar-refractivity contribution in [2.45, 2.75) is 13.3 Å². The average Bonchev–Trinajstić information content (AvgIpc) is 2.34. The zero-order valence-corrected chi connectivity index (χ0v) is 10.6. The molecule has 0 saturated heterocycles. The summed E-state index contributed by atoms with van der Waals surface area (Å²) in [5.41, 5.74) is 6.70. The molecule has 17 heavy (non-hydrogen) atoms. The van der Waals surface area contributed by atoms with Gasteiger partial charge in [-0.3, -0.25) is 0 Å². The third kappa shape index (κ3) is 2.38. The average molecular weight is 250 g/mol. The molecule has 0 bridgehead atoms. The van der Waals surface area contributed by atoms with Crippen molar-refractivity contribution >= 4 is 22.4 Å². The van der Waals surface area contributed by atoms with Crippen LogP contribution < -0.4 is 10.5 Å². The van der Waals surface area contributed by atoms with Crippen LogP contribution in [-0.4, -0.2) is 13.2 Å². The van der Waals surface area contributed by atoms with E-state index in [2.05, 4.69) is 0 Å². The molecule has 0 radical (unpaired) electrons. The highest BCUT2D eigenvalue weighted by Gasteiger charge is 2.11. The second-order valence-corrected chi connectivity index (χ2v) is 4.27. The Balaban J connectivity index is 2.68. The molecule has 0 saturated carbocycles. The Morgan fingerprint density at radius 2 is 1.94 bits per heavy atom. The monoisotopic (exact) mass is 249 g/mol. The van der Waals surface area contributed by atoms with Crippen LogP contribution in [0.15, 0.2) is 30.3 Å². The van der Waals surface area contributed by atoms with E-state index in [-0.39, 0.29) is 0 Å². The predicted molar refractivity (Wildman–Crippen MR) is 72.9 cm³/mol. The lowest BCUT2D eigenvalue weighted by Gasteiger charge is -2.14. The van der Waals surface area contributed by atoms with Crippen LogP contribution in [0.3, 0.4) is 0 Å². The second kappa shape index (κ2) is 5.39. The summed E-state index contributed by atoms with van der Waals surface area (Å²) in [6.07, 6.45) is 0.778. The van der Waals surface area contributed by atoms with E-state index in [1.54, 1.807) is 0 Å². The number of rotatable bonds is 4. The summed E-state index contributed by atoms with van der Waals surface area (Å²) >= 11 is 6.27. The lowest BCUT2D eigenvalue weighted by Crippen LogP contribution is -2.06. The van der Waals surface area contributed by atoms with Gasteiger partial charge in [-0.05, 0) is 31.5 Å². The molecule has 0 heterocycles. The number of halogens is 1. The van der Waals surface area contributed by atoms with Gasteiger partial charge in [-0.25, -0.2) is 0 Å². The van der Waals surface area contributed by atoms with Crippen LogP contribution in [-0.2, 0) is 6.42 Å². The van der Waals surface area contributed by atoms with Crippen molar-refractivity contribution < 1.29 is 4.74 Å². The van der Waals surface area contributed by atoms with Crippen molar-refractivity contribution in [2.24, 2.45) is 5.73 Å². The minimum absolute atomic E-state index is 0.592. The molecule has 0 fully saturated rings. The third-order valence-corrected chi connectivity index (χ3v) is 3.04. The Bertz CT molecular complexity index is 525. The van der Waals surface area contributed by atoms with E-state index in [0.29, 0.717) is 13.2 Å². The van der Waals surface area contributed by atoms with Crippen LogP contribution >= 0.6 is 11.6 Å². The van der Waals surface area contributed by atoms with Gasteiger partial charge in [0.1, 0.15) is 5.75 Å². The Kier molecular flexibility index (Phi) is 3.87. The van der Waals surface area contributed by atoms with E-state index in [1.165, 1.54) is 0 Å². The predicted octanol–water partition coefficient (Wildman–Crippen LogP) is 3.39. The first-order valence-corrected chi connectivity index (χ1v) is 6.18. The number of hydrogen-bond acceptors (Lipinski definition) is 2. The van der Waals surface area contributed by atoms with Gasteiger partial charge in [-0.1, -0.05) is 35.9 Å². The van der Waals surface area contributed by atoms with E-state index in [0.717, 1.165) is 33.5 Å². The quantitative estimate of drug-likeness (QED) is 0.902. The number of benzene rings is 2. The van der Waals surface area contributed by atoms with Crippen LogP contribution in [0.2, 0.25) is 5.02 Å². The number of hydrogen-bond donors (Lipinski definition) is 1. The van der Waals surface area contributed by atoms with Crippen LogP contribution in [0.1, 0.15) is 12.5 Å². The summed E-state index contributed by atoms with van der Waals surface area (Å²) < 4.78 is 5.74. The van der Waals surface area contributed by atoms with E-state index >= 15 is 0 Å². The van der Waals surface area contributed by atoms with Gasteiger partial charge in [0.15, 0.2) is 0 Å². The van der Waals surface area contributed by atoms with Gasteiger partial charge in [0.25, 0.3) is 0 Å². The molecule has 0 spiro atoms. The Morgan fingerprint density at radius 3 is 2.59 bits per heavy atom. The molecule has 2 N–H and O–H groups in total. The minimum atomic E-state index is 0.592. The standard InChI is InChI=1S/C14H16ClNO/c1-2-17-14-10(7-8-16)9-13(15)11-5-3-4-6-12(11)14/h3-6,9H,2,7-8,16H2,1H3. The van der Waals surface area contributed by atoms with Gasteiger partial charge >= 0.3 is 0 Å². The van der Waals surface area contributed by atoms with E-state index in [9.17, 15) is 0 Å². The number of nitrogens with two attached hydrogens (primary N) is 1. The van der Waals surface area contributed by atoms with Crippen LogP contribution in [0.4, 0.5) is 0 Å². The highest BCUT2D eigenvalue weighted by molar-refractivity contribution is 6.35. The van der Waals surface area contributed by atoms with Crippen LogP contribution in [0, 0.1) is 0 Å². The Morgan fingerprint density at radius 1 is 1.24 bits per heavy atom. The Labute approximate surface area is 106 Å². The lowest BCUT2D eigenvalue weighted by molar-refractivity contribution is 0.341. The molecule has 0 amide bonds. The van der Waals surface area contributed by atoms with Crippen molar-refractivity contribution in [1.29, 1.82) is 0 Å². The molecule has 0 aliphatic carbocycles. The summed E-state index contributed by atoms with van der Waals surface area (Å²) in [5, 5.41) is 2.84. The molecular weight excluding hydrogens is 234 g/mol. The first kappa shape index (κ1) is 12.2. The van der Waals surface area contributed by atoms with E-state index in [4.69, 9.17) is 22.1 Å². The van der Waals surface area contributed by atoms with Crippen LogP contribution in [0.25, 0.3) is 10.8 Å². The SMILES string of the molecule is CCOc1c(CCN)cc(Cl)c2ccccc12. The second-order valence-electron chi connectivity index (χ2n) is 3.86. The molecule has 0 aliphatic heterocycles. The van der Waals surface area contributed by atoms with Crippen molar-refractivity contribution in [3.63, 3.8) is 0 Å². The molecule has 90 valence electrons. The van der Waals surface area contributed by atoms with Crippen molar-refractivity contribution in [3.8, 4) is 5.75 Å². The van der Waals surface area contributed by atoms with E-state index in [1.807, 2.05) is 37.3 Å². The zero-order valence-electron chi connectivity index (χ0n) is 9.87. The highest BCUT2D eigenvalue weighted by atomic mass is 35.5. The smallest absolute Gasteiger partial charge is 0.130 e. The maximum absolute atomic E-state index is 6.27. The number of fused-ring (bicyclic) bond motifs is 1. The summed E-state index contributed by atoms with van der Waals surface area (Å²) in [4.78, 5) is 0. The summed E-state index contributed by atoms with van der Waals surface area (Å²) in [5.74, 6) is 0.915. The van der Waals surface area contributed by atoms with Crippen LogP contribution in [0.5, 0.6) is 5.75 Å². The summed E-state index contributed by atoms with van der Waals surface area (Å²) in [6.45, 7) is 3.22. The lowest BCUT2D eigenvalue weighted by atomic mass is 10.0. The zero-order chi connectivity index (χ0) is 12.3. The first-order chi connectivity index (χ1) is 8.27. The molecule has 2 rings (SSSR count). The fourth-order valence-electron chi connectivity index (χ4n) is 2.01. The summed E-state index contributed by atoms with van der Waals surface area (Å²) in [6, 6.07) is 9.97. The first-order valence-electron chi connectivity index (χ1n) is 5.81. The van der Waals surface area contributed by atoms with Gasteiger partial charge in [0.05, 0.1) is 6.61 Å². The van der Waals surface area contributed by atoms with Crippen molar-refractivity contribution in [2.75, 3.05) is 13.2 Å². The molecule has 3 heteroatoms. The summed E-state index contributed by atoms with van der Waals surface area (Å²) in [7, 11) is 0. The van der Waals surface area contributed by atoms with Crippen molar-refractivity contribution in [1.82, 2.24) is 0 Å². The Hall–Kier alpha value is -1.25. The molecule has 0 aliphatic rings. The van der Waals surface area contributed by atoms with E-state index < -0.39 is 0 Å². The fraction of sp³-hybridized carbons (Fsp3) is 0.286. The highest BCUT2D eigenvalue weighted by Crippen LogP contribution is 2.35. The molecule has 2 nitrogen and oxygen atoms in total. The molecular formula is C14H16ClNO. The fourth-order valence-corrected chi connectivity index (χ4v) is 2.31. The van der Waals surface area contributed by atoms with Gasteiger partial charge < -0.3 is 10.5 Å². The van der Waals surface area contributed by atoms with Crippen molar-refractivity contribution in [3.05, 3.63) is 40.9 Å². The topological polar surface area (TPSA) is 35.2 Å². The molecule has 0 atom stereocenters. The largest absolute Gasteiger partial charge is 0.493 e. The molecule has 2 aromatic carbocycles. The molecule has 0 unspecified atom stereocenters. The minimum Gasteiger partial charge on any atom is -0.493 e. The van der Waals surface area contributed by atoms with Gasteiger partial charge in [0.2, 0.25) is 0 Å². The molecule has 2 aromatic rings. The maximum atomic E-state index is 6.27.